The highest BCUT2D eigenvalue weighted by Crippen LogP contribution is 2.26. The molecule has 1 heterocycles. The molecule has 36 heavy (non-hydrogen) atoms. The summed E-state index contributed by atoms with van der Waals surface area (Å²) in [6.07, 6.45) is -0.584. The number of ether oxygens (including phenoxy) is 1. The van der Waals surface area contributed by atoms with Gasteiger partial charge in [0.05, 0.1) is 12.7 Å². The summed E-state index contributed by atoms with van der Waals surface area (Å²) >= 11 is 5.99. The molecule has 0 aliphatic carbocycles. The van der Waals surface area contributed by atoms with Crippen molar-refractivity contribution in [3.05, 3.63) is 100 Å². The summed E-state index contributed by atoms with van der Waals surface area (Å²) in [6.45, 7) is 0.788. The second-order valence-electron chi connectivity index (χ2n) is 8.33. The Kier molecular flexibility index (Phi) is 8.31. The van der Waals surface area contributed by atoms with Crippen LogP contribution in [0, 0.1) is 23.3 Å². The Bertz CT molecular complexity index is 1300. The van der Waals surface area contributed by atoms with Crippen molar-refractivity contribution in [3.8, 4) is 0 Å². The van der Waals surface area contributed by atoms with Gasteiger partial charge in [-0.05, 0) is 42.0 Å². The quantitative estimate of drug-likeness (QED) is 0.369. The number of rotatable bonds is 8. The first-order chi connectivity index (χ1) is 17.1. The standard InChI is InChI=1S/C25H23ClF4N2O3S/c26-18-6-4-17(5-7-18)24(35-16-20-21(28)2-1-3-22(20)29)15-31-10-12-32(13-11-31)36(33,34)25-9-8-19(27)14-23(25)30/h1-9,14,24H,10-13,15-16H2/t24-/m0/s1. The van der Waals surface area contributed by atoms with Crippen LogP contribution in [0.5, 0.6) is 0 Å². The van der Waals surface area contributed by atoms with Gasteiger partial charge < -0.3 is 4.74 Å². The van der Waals surface area contributed by atoms with Crippen LogP contribution < -0.4 is 0 Å². The molecule has 3 aromatic carbocycles. The number of benzene rings is 3. The molecule has 11 heteroatoms. The normalized spacial score (nSPS) is 16.2. The Balaban J connectivity index is 1.45. The first-order valence-corrected chi connectivity index (χ1v) is 12.9. The van der Waals surface area contributed by atoms with E-state index >= 15 is 0 Å². The minimum Gasteiger partial charge on any atom is -0.367 e. The number of piperazine rings is 1. The maximum absolute atomic E-state index is 14.1. The number of sulfonamides is 1. The Morgan fingerprint density at radius 2 is 1.50 bits per heavy atom. The average Bonchev–Trinajstić information content (AvgIpc) is 2.83. The van der Waals surface area contributed by atoms with E-state index in [1.165, 1.54) is 6.07 Å². The second-order valence-corrected chi connectivity index (χ2v) is 10.7. The molecule has 192 valence electrons. The number of hydrogen-bond donors (Lipinski definition) is 0. The molecule has 0 spiro atoms. The van der Waals surface area contributed by atoms with Gasteiger partial charge in [0, 0.05) is 49.4 Å². The first-order valence-electron chi connectivity index (χ1n) is 11.1. The summed E-state index contributed by atoms with van der Waals surface area (Å²) in [5.41, 5.74) is 0.549. The van der Waals surface area contributed by atoms with Crippen LogP contribution in [0.3, 0.4) is 0 Å². The van der Waals surface area contributed by atoms with E-state index in [0.717, 1.165) is 34.1 Å². The van der Waals surface area contributed by atoms with Crippen LogP contribution >= 0.6 is 11.6 Å². The van der Waals surface area contributed by atoms with Crippen LogP contribution in [-0.4, -0.2) is 50.3 Å². The van der Waals surface area contributed by atoms with E-state index in [-0.39, 0.29) is 25.3 Å². The van der Waals surface area contributed by atoms with Gasteiger partial charge in [-0.1, -0.05) is 29.8 Å². The van der Waals surface area contributed by atoms with Crippen molar-refractivity contribution < 1.29 is 30.7 Å². The van der Waals surface area contributed by atoms with E-state index in [1.807, 2.05) is 4.90 Å². The van der Waals surface area contributed by atoms with Crippen LogP contribution in [0.15, 0.2) is 65.6 Å². The summed E-state index contributed by atoms with van der Waals surface area (Å²) in [7, 11) is -4.14. The highest BCUT2D eigenvalue weighted by atomic mass is 35.5. The van der Waals surface area contributed by atoms with Crippen molar-refractivity contribution in [1.29, 1.82) is 0 Å². The van der Waals surface area contributed by atoms with E-state index in [0.29, 0.717) is 30.7 Å². The molecule has 3 aromatic rings. The average molecular weight is 543 g/mol. The van der Waals surface area contributed by atoms with Gasteiger partial charge in [0.25, 0.3) is 0 Å². The molecule has 0 amide bonds. The number of halogens is 5. The van der Waals surface area contributed by atoms with Gasteiger partial charge in [-0.15, -0.1) is 0 Å². The zero-order valence-electron chi connectivity index (χ0n) is 19.0. The lowest BCUT2D eigenvalue weighted by molar-refractivity contribution is 0.00546. The zero-order valence-corrected chi connectivity index (χ0v) is 20.6. The van der Waals surface area contributed by atoms with E-state index in [4.69, 9.17) is 16.3 Å². The fraction of sp³-hybridized carbons (Fsp3) is 0.280. The number of hydrogen-bond acceptors (Lipinski definition) is 4. The lowest BCUT2D eigenvalue weighted by Crippen LogP contribution is -2.49. The molecular formula is C25H23ClF4N2O3S. The lowest BCUT2D eigenvalue weighted by Gasteiger charge is -2.36. The maximum Gasteiger partial charge on any atom is 0.246 e. The third-order valence-electron chi connectivity index (χ3n) is 6.00. The van der Waals surface area contributed by atoms with Gasteiger partial charge in [0.15, 0.2) is 0 Å². The first kappa shape index (κ1) is 26.6. The number of nitrogens with zero attached hydrogens (tertiary/aromatic N) is 2. The molecule has 1 atom stereocenters. The topological polar surface area (TPSA) is 49.9 Å². The SMILES string of the molecule is O=S(=O)(c1ccc(F)cc1F)N1CCN(C[C@H](OCc2c(F)cccc2F)c2ccc(Cl)cc2)CC1. The van der Waals surface area contributed by atoms with Crippen molar-refractivity contribution in [1.82, 2.24) is 9.21 Å². The highest BCUT2D eigenvalue weighted by Gasteiger charge is 2.31. The third-order valence-corrected chi connectivity index (χ3v) is 8.18. The summed E-state index contributed by atoms with van der Waals surface area (Å²) in [4.78, 5) is 1.37. The molecule has 0 unspecified atom stereocenters. The van der Waals surface area contributed by atoms with E-state index in [9.17, 15) is 26.0 Å². The molecule has 0 radical (unpaired) electrons. The van der Waals surface area contributed by atoms with Crippen LogP contribution in [0.2, 0.25) is 5.02 Å². The molecule has 5 nitrogen and oxygen atoms in total. The second kappa shape index (κ2) is 11.3. The van der Waals surface area contributed by atoms with Gasteiger partial charge in [0.1, 0.15) is 28.2 Å². The summed E-state index contributed by atoms with van der Waals surface area (Å²) in [6, 6.07) is 12.8. The summed E-state index contributed by atoms with van der Waals surface area (Å²) in [5, 5.41) is 0.518. The molecule has 1 saturated heterocycles. The van der Waals surface area contributed by atoms with Crippen LogP contribution in [0.25, 0.3) is 0 Å². The Morgan fingerprint density at radius 1 is 0.861 bits per heavy atom. The monoisotopic (exact) mass is 542 g/mol. The highest BCUT2D eigenvalue weighted by molar-refractivity contribution is 7.89. The van der Waals surface area contributed by atoms with Crippen molar-refractivity contribution in [2.24, 2.45) is 0 Å². The predicted octanol–water partition coefficient (Wildman–Crippen LogP) is 5.16. The molecule has 0 saturated carbocycles. The predicted molar refractivity (Wildman–Crippen MR) is 127 cm³/mol. The maximum atomic E-state index is 14.1. The Hall–Kier alpha value is -2.50. The van der Waals surface area contributed by atoms with Gasteiger partial charge >= 0.3 is 0 Å². The van der Waals surface area contributed by atoms with Crippen LogP contribution in [0.4, 0.5) is 17.6 Å². The minimum absolute atomic E-state index is 0.0778. The summed E-state index contributed by atoms with van der Waals surface area (Å²) in [5.74, 6) is -3.43. The molecule has 0 bridgehead atoms. The van der Waals surface area contributed by atoms with Crippen molar-refractivity contribution in [3.63, 3.8) is 0 Å². The van der Waals surface area contributed by atoms with Gasteiger partial charge in [0.2, 0.25) is 10.0 Å². The molecule has 4 rings (SSSR count). The molecule has 0 aromatic heterocycles. The van der Waals surface area contributed by atoms with Crippen molar-refractivity contribution in [2.45, 2.75) is 17.6 Å². The minimum atomic E-state index is -4.14. The van der Waals surface area contributed by atoms with Gasteiger partial charge in [-0.25, -0.2) is 26.0 Å². The van der Waals surface area contributed by atoms with Crippen molar-refractivity contribution in [2.75, 3.05) is 32.7 Å². The summed E-state index contributed by atoms with van der Waals surface area (Å²) < 4.78 is 88.3. The Labute approximate surface area is 211 Å². The van der Waals surface area contributed by atoms with Crippen LogP contribution in [0.1, 0.15) is 17.2 Å². The van der Waals surface area contributed by atoms with Crippen molar-refractivity contribution >= 4 is 21.6 Å². The molecule has 1 aliphatic rings. The van der Waals surface area contributed by atoms with E-state index in [1.54, 1.807) is 24.3 Å². The fourth-order valence-electron chi connectivity index (χ4n) is 4.00. The lowest BCUT2D eigenvalue weighted by atomic mass is 10.1. The van der Waals surface area contributed by atoms with E-state index in [2.05, 4.69) is 0 Å². The molecule has 1 aliphatic heterocycles. The zero-order chi connectivity index (χ0) is 25.9. The van der Waals surface area contributed by atoms with Crippen LogP contribution in [-0.2, 0) is 21.4 Å². The molecule has 0 N–H and O–H groups in total. The van der Waals surface area contributed by atoms with E-state index < -0.39 is 44.3 Å². The van der Waals surface area contributed by atoms with Gasteiger partial charge in [-0.3, -0.25) is 4.90 Å². The fourth-order valence-corrected chi connectivity index (χ4v) is 5.59. The molecular weight excluding hydrogens is 520 g/mol. The Morgan fingerprint density at radius 3 is 2.11 bits per heavy atom. The van der Waals surface area contributed by atoms with Gasteiger partial charge in [-0.2, -0.15) is 4.31 Å². The third kappa shape index (κ3) is 6.07. The largest absolute Gasteiger partial charge is 0.367 e. The smallest absolute Gasteiger partial charge is 0.246 e. The molecule has 1 fully saturated rings.